The summed E-state index contributed by atoms with van der Waals surface area (Å²) in [5.41, 5.74) is 2.42. The molecule has 1 aromatic rings. The van der Waals surface area contributed by atoms with Crippen molar-refractivity contribution < 1.29 is 27.6 Å². The number of hydrogen-bond acceptors (Lipinski definition) is 3. The summed E-state index contributed by atoms with van der Waals surface area (Å²) in [5.74, 6) is -2.53. The fraction of sp³-hybridized carbons (Fsp3) is 0.500. The molecule has 1 aromatic carbocycles. The van der Waals surface area contributed by atoms with Gasteiger partial charge >= 0.3 is 6.18 Å². The van der Waals surface area contributed by atoms with Gasteiger partial charge in [0.2, 0.25) is 17.7 Å². The number of para-hydroxylation sites is 1. The predicted octanol–water partition coefficient (Wildman–Crippen LogP) is 2.11. The van der Waals surface area contributed by atoms with E-state index in [2.05, 4.69) is 5.32 Å². The summed E-state index contributed by atoms with van der Waals surface area (Å²) in [4.78, 5) is 38.1. The van der Waals surface area contributed by atoms with Crippen molar-refractivity contribution in [3.05, 3.63) is 29.3 Å². The number of alkyl halides is 3. The Kier molecular flexibility index (Phi) is 6.12. The number of anilines is 1. The lowest BCUT2D eigenvalue weighted by Gasteiger charge is -2.22. The summed E-state index contributed by atoms with van der Waals surface area (Å²) < 4.78 is 37.4. The zero-order valence-electron chi connectivity index (χ0n) is 15.4. The zero-order valence-corrected chi connectivity index (χ0v) is 15.4. The Bertz CT molecular complexity index is 729. The predicted molar refractivity (Wildman–Crippen MR) is 92.9 cm³/mol. The van der Waals surface area contributed by atoms with E-state index in [0.29, 0.717) is 10.6 Å². The highest BCUT2D eigenvalue weighted by Crippen LogP contribution is 2.25. The smallest absolute Gasteiger partial charge is 0.336 e. The fourth-order valence-corrected chi connectivity index (χ4v) is 3.10. The van der Waals surface area contributed by atoms with Crippen molar-refractivity contribution in [1.82, 2.24) is 9.80 Å². The third-order valence-electron chi connectivity index (χ3n) is 4.44. The van der Waals surface area contributed by atoms with Crippen LogP contribution in [0.5, 0.6) is 0 Å². The van der Waals surface area contributed by atoms with Gasteiger partial charge in [0.1, 0.15) is 6.54 Å². The van der Waals surface area contributed by atoms with Crippen LogP contribution in [-0.2, 0) is 14.4 Å². The average molecular weight is 385 g/mol. The van der Waals surface area contributed by atoms with Crippen LogP contribution in [0, 0.1) is 19.8 Å². The number of likely N-dealkylation sites (N-methyl/N-ethyl adjacent to an activating group) is 1. The first kappa shape index (κ1) is 20.7. The number of nitrogens with zero attached hydrogens (tertiary/aromatic N) is 2. The molecule has 148 valence electrons. The van der Waals surface area contributed by atoms with Gasteiger partial charge in [-0.25, -0.2) is 0 Å². The minimum absolute atomic E-state index is 0.253. The van der Waals surface area contributed by atoms with Crippen LogP contribution in [0.15, 0.2) is 18.2 Å². The molecular formula is C18H22F3N3O3. The maximum Gasteiger partial charge on any atom is 0.406 e. The molecule has 1 atom stereocenters. The van der Waals surface area contributed by atoms with E-state index < -0.39 is 36.4 Å². The number of halogens is 3. The van der Waals surface area contributed by atoms with Gasteiger partial charge in [-0.1, -0.05) is 18.2 Å². The van der Waals surface area contributed by atoms with Crippen molar-refractivity contribution in [2.75, 3.05) is 32.0 Å². The van der Waals surface area contributed by atoms with Crippen molar-refractivity contribution in [3.63, 3.8) is 0 Å². The van der Waals surface area contributed by atoms with Crippen molar-refractivity contribution in [2.45, 2.75) is 26.4 Å². The molecule has 1 aliphatic heterocycles. The highest BCUT2D eigenvalue weighted by Gasteiger charge is 2.41. The highest BCUT2D eigenvalue weighted by molar-refractivity contribution is 5.97. The van der Waals surface area contributed by atoms with E-state index in [9.17, 15) is 27.6 Å². The van der Waals surface area contributed by atoms with Gasteiger partial charge in [0.15, 0.2) is 0 Å². The second kappa shape index (κ2) is 7.98. The highest BCUT2D eigenvalue weighted by atomic mass is 19.4. The maximum atomic E-state index is 12.5. The molecule has 0 aromatic heterocycles. The van der Waals surface area contributed by atoms with Gasteiger partial charge in [-0.15, -0.1) is 0 Å². The summed E-state index contributed by atoms with van der Waals surface area (Å²) in [6.07, 6.45) is -4.79. The van der Waals surface area contributed by atoms with E-state index in [-0.39, 0.29) is 19.5 Å². The number of benzene rings is 1. The summed E-state index contributed by atoms with van der Waals surface area (Å²) >= 11 is 0. The molecule has 0 spiro atoms. The van der Waals surface area contributed by atoms with Gasteiger partial charge in [-0.3, -0.25) is 14.4 Å². The Morgan fingerprint density at radius 3 is 2.41 bits per heavy atom. The standard InChI is InChI=1S/C18H22F3N3O3/c1-11-5-4-6-12(2)16(11)22-14(25)9-23(3)17(27)13-7-15(26)24(8-13)10-18(19,20)21/h4-6,13H,7-10H2,1-3H3,(H,22,25). The van der Waals surface area contributed by atoms with Crippen molar-refractivity contribution in [2.24, 2.45) is 5.92 Å². The van der Waals surface area contributed by atoms with Crippen molar-refractivity contribution >= 4 is 23.4 Å². The molecular weight excluding hydrogens is 363 g/mol. The lowest BCUT2D eigenvalue weighted by Crippen LogP contribution is -2.40. The third kappa shape index (κ3) is 5.45. The number of hydrogen-bond donors (Lipinski definition) is 1. The molecule has 1 N–H and O–H groups in total. The Morgan fingerprint density at radius 1 is 1.26 bits per heavy atom. The number of aryl methyl sites for hydroxylation is 2. The number of carbonyl (C=O) groups excluding carboxylic acids is 3. The molecule has 1 heterocycles. The quantitative estimate of drug-likeness (QED) is 0.844. The van der Waals surface area contributed by atoms with Crippen LogP contribution >= 0.6 is 0 Å². The number of rotatable bonds is 5. The lowest BCUT2D eigenvalue weighted by atomic mass is 10.1. The number of carbonyl (C=O) groups is 3. The van der Waals surface area contributed by atoms with Crippen molar-refractivity contribution in [1.29, 1.82) is 0 Å². The molecule has 6 nitrogen and oxygen atoms in total. The van der Waals surface area contributed by atoms with Crippen LogP contribution < -0.4 is 5.32 Å². The molecule has 3 amide bonds. The maximum absolute atomic E-state index is 12.5. The largest absolute Gasteiger partial charge is 0.406 e. The minimum atomic E-state index is -4.51. The van der Waals surface area contributed by atoms with E-state index in [1.54, 1.807) is 0 Å². The Morgan fingerprint density at radius 2 is 1.85 bits per heavy atom. The molecule has 9 heteroatoms. The molecule has 1 fully saturated rings. The van der Waals surface area contributed by atoms with Crippen LogP contribution in [0.2, 0.25) is 0 Å². The number of likely N-dealkylation sites (tertiary alicyclic amines) is 1. The van der Waals surface area contributed by atoms with Crippen LogP contribution in [0.1, 0.15) is 17.5 Å². The monoisotopic (exact) mass is 385 g/mol. The fourth-order valence-electron chi connectivity index (χ4n) is 3.10. The Hall–Kier alpha value is -2.58. The average Bonchev–Trinajstić information content (AvgIpc) is 2.89. The first-order chi connectivity index (χ1) is 12.5. The molecule has 1 aliphatic rings. The second-order valence-corrected chi connectivity index (χ2v) is 6.80. The Balaban J connectivity index is 1.94. The van der Waals surface area contributed by atoms with E-state index >= 15 is 0 Å². The van der Waals surface area contributed by atoms with Crippen LogP contribution in [0.3, 0.4) is 0 Å². The SMILES string of the molecule is Cc1cccc(C)c1NC(=O)CN(C)C(=O)C1CC(=O)N(CC(F)(F)F)C1. The van der Waals surface area contributed by atoms with E-state index in [4.69, 9.17) is 0 Å². The van der Waals surface area contributed by atoms with Crippen LogP contribution in [0.25, 0.3) is 0 Å². The molecule has 0 bridgehead atoms. The van der Waals surface area contributed by atoms with Gasteiger partial charge in [0.05, 0.1) is 12.5 Å². The summed E-state index contributed by atoms with van der Waals surface area (Å²) in [7, 11) is 1.39. The van der Waals surface area contributed by atoms with E-state index in [0.717, 1.165) is 16.0 Å². The van der Waals surface area contributed by atoms with E-state index in [1.807, 2.05) is 32.0 Å². The van der Waals surface area contributed by atoms with Crippen molar-refractivity contribution in [3.8, 4) is 0 Å². The van der Waals surface area contributed by atoms with Crippen LogP contribution in [-0.4, -0.2) is 60.4 Å². The van der Waals surface area contributed by atoms with E-state index in [1.165, 1.54) is 7.05 Å². The van der Waals surface area contributed by atoms with Gasteiger partial charge in [-0.2, -0.15) is 13.2 Å². The molecule has 0 aliphatic carbocycles. The van der Waals surface area contributed by atoms with Gasteiger partial charge in [0, 0.05) is 25.7 Å². The third-order valence-corrected chi connectivity index (χ3v) is 4.44. The Labute approximate surface area is 155 Å². The molecule has 0 radical (unpaired) electrons. The topological polar surface area (TPSA) is 69.7 Å². The zero-order chi connectivity index (χ0) is 20.4. The van der Waals surface area contributed by atoms with Gasteiger partial charge in [0.25, 0.3) is 0 Å². The minimum Gasteiger partial charge on any atom is -0.336 e. The van der Waals surface area contributed by atoms with Gasteiger partial charge in [-0.05, 0) is 25.0 Å². The summed E-state index contributed by atoms with van der Waals surface area (Å²) in [6.45, 7) is 1.77. The number of amides is 3. The molecule has 2 rings (SSSR count). The first-order valence-electron chi connectivity index (χ1n) is 8.43. The van der Waals surface area contributed by atoms with Gasteiger partial charge < -0.3 is 15.1 Å². The lowest BCUT2D eigenvalue weighted by molar-refractivity contribution is -0.157. The second-order valence-electron chi connectivity index (χ2n) is 6.80. The molecule has 27 heavy (non-hydrogen) atoms. The molecule has 1 unspecified atom stereocenters. The normalized spacial score (nSPS) is 17.2. The summed E-state index contributed by atoms with van der Waals surface area (Å²) in [5, 5.41) is 2.74. The molecule has 1 saturated heterocycles. The summed E-state index contributed by atoms with van der Waals surface area (Å²) in [6, 6.07) is 5.55. The number of nitrogens with one attached hydrogen (secondary N) is 1. The van der Waals surface area contributed by atoms with Crippen LogP contribution in [0.4, 0.5) is 18.9 Å². The first-order valence-corrected chi connectivity index (χ1v) is 8.43. The molecule has 0 saturated carbocycles.